The Kier molecular flexibility index (Phi) is 4.06. The lowest BCUT2D eigenvalue weighted by atomic mass is 9.84. The molecule has 0 radical (unpaired) electrons. The zero-order valence-corrected chi connectivity index (χ0v) is 16.0. The highest BCUT2D eigenvalue weighted by Gasteiger charge is 2.41. The molecule has 6 heteroatoms. The molecule has 0 aromatic heterocycles. The van der Waals surface area contributed by atoms with Crippen molar-refractivity contribution in [2.75, 3.05) is 26.2 Å². The highest BCUT2D eigenvalue weighted by atomic mass is 32.2. The normalized spacial score (nSPS) is 26.5. The zero-order valence-electron chi connectivity index (χ0n) is 15.2. The van der Waals surface area contributed by atoms with Crippen LogP contribution in [0.15, 0.2) is 64.5 Å². The van der Waals surface area contributed by atoms with Gasteiger partial charge in [-0.15, -0.1) is 0 Å². The third kappa shape index (κ3) is 3.07. The Morgan fingerprint density at radius 2 is 1.56 bits per heavy atom. The fourth-order valence-corrected chi connectivity index (χ4v) is 6.34. The maximum absolute atomic E-state index is 12.9. The molecule has 2 saturated heterocycles. The molecule has 0 amide bonds. The molecule has 27 heavy (non-hydrogen) atoms. The number of nitrogens with zero attached hydrogens (tertiary/aromatic N) is 3. The van der Waals surface area contributed by atoms with Gasteiger partial charge in [0.05, 0.1) is 5.69 Å². The van der Waals surface area contributed by atoms with Gasteiger partial charge in [-0.05, 0) is 36.0 Å². The Bertz CT molecular complexity index is 973. The van der Waals surface area contributed by atoms with Gasteiger partial charge in [0, 0.05) is 32.7 Å². The maximum Gasteiger partial charge on any atom is 0.241 e. The van der Waals surface area contributed by atoms with Crippen LogP contribution in [0, 0.1) is 11.8 Å². The molecule has 0 saturated carbocycles. The van der Waals surface area contributed by atoms with Crippen molar-refractivity contribution >= 4 is 20.7 Å². The van der Waals surface area contributed by atoms with Crippen LogP contribution in [0.2, 0.25) is 0 Å². The van der Waals surface area contributed by atoms with Crippen LogP contribution in [0.25, 0.3) is 0 Å². The lowest BCUT2D eigenvalue weighted by Gasteiger charge is -2.46. The van der Waals surface area contributed by atoms with Crippen molar-refractivity contribution in [2.45, 2.75) is 17.9 Å². The molecule has 2 bridgehead atoms. The standard InChI is InChI=1S/C21H23N3O2S/c25-27(26)20-9-5-4-8-19(20)22-21(27)24-14-17-10-18(15-24)13-23(12-17)11-16-6-2-1-3-7-16/h1-9,17-18H,10-15H2. The molecule has 140 valence electrons. The molecule has 0 spiro atoms. The third-order valence-electron chi connectivity index (χ3n) is 5.79. The summed E-state index contributed by atoms with van der Waals surface area (Å²) in [5, 5.41) is 0.259. The van der Waals surface area contributed by atoms with Crippen molar-refractivity contribution in [3.63, 3.8) is 0 Å². The predicted molar refractivity (Wildman–Crippen MR) is 106 cm³/mol. The van der Waals surface area contributed by atoms with Crippen molar-refractivity contribution in [3.8, 4) is 0 Å². The van der Waals surface area contributed by atoms with Crippen LogP contribution >= 0.6 is 0 Å². The van der Waals surface area contributed by atoms with E-state index in [0.717, 1.165) is 32.7 Å². The van der Waals surface area contributed by atoms with Gasteiger partial charge in [0.25, 0.3) is 0 Å². The fraction of sp³-hybridized carbons (Fsp3) is 0.381. The average Bonchev–Trinajstić information content (AvgIpc) is 2.93. The highest BCUT2D eigenvalue weighted by molar-refractivity contribution is 8.06. The number of fused-ring (bicyclic) bond motifs is 3. The minimum atomic E-state index is -3.48. The lowest BCUT2D eigenvalue weighted by molar-refractivity contribution is 0.0566. The summed E-state index contributed by atoms with van der Waals surface area (Å²) in [5.41, 5.74) is 1.92. The van der Waals surface area contributed by atoms with Crippen molar-refractivity contribution in [3.05, 3.63) is 60.2 Å². The molecule has 3 aliphatic rings. The summed E-state index contributed by atoms with van der Waals surface area (Å²) >= 11 is 0. The van der Waals surface area contributed by atoms with E-state index in [0.29, 0.717) is 22.4 Å². The van der Waals surface area contributed by atoms with Gasteiger partial charge in [0.1, 0.15) is 4.90 Å². The molecule has 2 atom stereocenters. The van der Waals surface area contributed by atoms with Crippen molar-refractivity contribution in [1.82, 2.24) is 9.80 Å². The van der Waals surface area contributed by atoms with Crippen molar-refractivity contribution in [2.24, 2.45) is 16.8 Å². The van der Waals surface area contributed by atoms with E-state index in [1.165, 1.54) is 12.0 Å². The van der Waals surface area contributed by atoms with Gasteiger partial charge < -0.3 is 4.90 Å². The summed E-state index contributed by atoms with van der Waals surface area (Å²) in [7, 11) is -3.48. The molecule has 0 aliphatic carbocycles. The first kappa shape index (κ1) is 17.0. The number of rotatable bonds is 2. The molecule has 0 N–H and O–H groups in total. The first-order valence-corrected chi connectivity index (χ1v) is 11.0. The van der Waals surface area contributed by atoms with E-state index < -0.39 is 9.84 Å². The van der Waals surface area contributed by atoms with Gasteiger partial charge in [0.2, 0.25) is 15.0 Å². The molecular weight excluding hydrogens is 358 g/mol. The average molecular weight is 382 g/mol. The number of hydrogen-bond donors (Lipinski definition) is 0. The van der Waals surface area contributed by atoms with E-state index >= 15 is 0 Å². The van der Waals surface area contributed by atoms with Crippen molar-refractivity contribution < 1.29 is 8.42 Å². The van der Waals surface area contributed by atoms with Gasteiger partial charge in [-0.3, -0.25) is 4.90 Å². The summed E-state index contributed by atoms with van der Waals surface area (Å²) in [4.78, 5) is 9.37. The predicted octanol–water partition coefficient (Wildman–Crippen LogP) is 2.92. The number of benzene rings is 2. The second-order valence-electron chi connectivity index (χ2n) is 7.92. The summed E-state index contributed by atoms with van der Waals surface area (Å²) in [6.45, 7) is 4.55. The molecule has 2 aromatic carbocycles. The Morgan fingerprint density at radius 1 is 0.889 bits per heavy atom. The smallest absolute Gasteiger partial charge is 0.241 e. The molecule has 2 aromatic rings. The number of sulfone groups is 1. The minimum absolute atomic E-state index is 0.259. The first-order chi connectivity index (χ1) is 13.1. The molecule has 5 rings (SSSR count). The van der Waals surface area contributed by atoms with Crippen LogP contribution in [0.1, 0.15) is 12.0 Å². The van der Waals surface area contributed by atoms with Crippen LogP contribution in [-0.2, 0) is 16.4 Å². The fourth-order valence-electron chi connectivity index (χ4n) is 4.79. The van der Waals surface area contributed by atoms with Gasteiger partial charge >= 0.3 is 0 Å². The number of hydrogen-bond acceptors (Lipinski definition) is 5. The quantitative estimate of drug-likeness (QED) is 0.803. The van der Waals surface area contributed by atoms with Crippen LogP contribution < -0.4 is 0 Å². The SMILES string of the molecule is O=S1(=O)C(N2CC3CC(CN(Cc4ccccc4)C3)C2)=Nc2ccccc21. The van der Waals surface area contributed by atoms with Gasteiger partial charge in [-0.25, -0.2) is 13.4 Å². The number of piperidine rings is 2. The second-order valence-corrected chi connectivity index (χ2v) is 9.73. The van der Waals surface area contributed by atoms with E-state index in [9.17, 15) is 8.42 Å². The molecular formula is C21H23N3O2S. The van der Waals surface area contributed by atoms with E-state index in [-0.39, 0.29) is 5.17 Å². The lowest BCUT2D eigenvalue weighted by Crippen LogP contribution is -2.54. The molecule has 2 unspecified atom stereocenters. The molecule has 3 aliphatic heterocycles. The summed E-state index contributed by atoms with van der Waals surface area (Å²) in [6, 6.07) is 17.6. The van der Waals surface area contributed by atoms with Gasteiger partial charge in [0.15, 0.2) is 0 Å². The zero-order chi connectivity index (χ0) is 18.4. The second kappa shape index (κ2) is 6.46. The highest BCUT2D eigenvalue weighted by Crippen LogP contribution is 2.37. The topological polar surface area (TPSA) is 53.0 Å². The number of amidine groups is 1. The summed E-state index contributed by atoms with van der Waals surface area (Å²) in [5.74, 6) is 0.977. The van der Waals surface area contributed by atoms with Crippen molar-refractivity contribution in [1.29, 1.82) is 0 Å². The number of aliphatic imine (C=N–C) groups is 1. The number of likely N-dealkylation sites (tertiary alicyclic amines) is 2. The molecule has 2 fully saturated rings. The van der Waals surface area contributed by atoms with E-state index in [4.69, 9.17) is 0 Å². The van der Waals surface area contributed by atoms with Crippen LogP contribution in [0.5, 0.6) is 0 Å². The van der Waals surface area contributed by atoms with Gasteiger partial charge in [-0.1, -0.05) is 42.5 Å². The third-order valence-corrected chi connectivity index (χ3v) is 7.54. The maximum atomic E-state index is 12.9. The molecule has 5 nitrogen and oxygen atoms in total. The summed E-state index contributed by atoms with van der Waals surface area (Å²) in [6.07, 6.45) is 1.18. The number of para-hydroxylation sites is 1. The Labute approximate surface area is 160 Å². The van der Waals surface area contributed by atoms with E-state index in [2.05, 4.69) is 34.2 Å². The monoisotopic (exact) mass is 381 g/mol. The Balaban J connectivity index is 1.33. The van der Waals surface area contributed by atoms with Crippen LogP contribution in [0.4, 0.5) is 5.69 Å². The van der Waals surface area contributed by atoms with Gasteiger partial charge in [-0.2, -0.15) is 0 Å². The Morgan fingerprint density at radius 3 is 2.26 bits per heavy atom. The van der Waals surface area contributed by atoms with E-state index in [1.54, 1.807) is 18.2 Å². The first-order valence-electron chi connectivity index (χ1n) is 9.53. The molecule has 3 heterocycles. The largest absolute Gasteiger partial charge is 0.346 e. The van der Waals surface area contributed by atoms with Crippen LogP contribution in [0.3, 0.4) is 0 Å². The minimum Gasteiger partial charge on any atom is -0.346 e. The van der Waals surface area contributed by atoms with Crippen LogP contribution in [-0.4, -0.2) is 49.6 Å². The summed E-state index contributed by atoms with van der Waals surface area (Å²) < 4.78 is 25.9. The van der Waals surface area contributed by atoms with E-state index in [1.807, 2.05) is 17.0 Å². The Hall–Kier alpha value is -2.18.